The zero-order valence-corrected chi connectivity index (χ0v) is 13.7. The number of amides is 2. The van der Waals surface area contributed by atoms with Crippen molar-refractivity contribution in [1.29, 1.82) is 0 Å². The van der Waals surface area contributed by atoms with Gasteiger partial charge in [0.2, 0.25) is 0 Å². The highest BCUT2D eigenvalue weighted by Gasteiger charge is 2.29. The maximum Gasteiger partial charge on any atom is 0.320 e. The molecule has 0 aromatic heterocycles. The molecule has 6 nitrogen and oxygen atoms in total. The van der Waals surface area contributed by atoms with E-state index < -0.39 is 5.97 Å². The van der Waals surface area contributed by atoms with Gasteiger partial charge in [0, 0.05) is 44.7 Å². The van der Waals surface area contributed by atoms with Crippen LogP contribution in [0.2, 0.25) is 0 Å². The number of likely N-dealkylation sites (N-methyl/N-ethyl adjacent to an activating group) is 1. The van der Waals surface area contributed by atoms with Gasteiger partial charge in [-0.15, -0.1) is 0 Å². The molecule has 0 spiro atoms. The number of nitrogens with zero attached hydrogens (tertiary/aromatic N) is 3. The van der Waals surface area contributed by atoms with Gasteiger partial charge in [0.25, 0.3) is 0 Å². The van der Waals surface area contributed by atoms with E-state index in [1.165, 1.54) is 0 Å². The van der Waals surface area contributed by atoms with Gasteiger partial charge in [-0.25, -0.2) is 4.79 Å². The van der Waals surface area contributed by atoms with Gasteiger partial charge < -0.3 is 14.9 Å². The van der Waals surface area contributed by atoms with E-state index in [-0.39, 0.29) is 18.5 Å². The highest BCUT2D eigenvalue weighted by Crippen LogP contribution is 2.13. The molecule has 21 heavy (non-hydrogen) atoms. The van der Waals surface area contributed by atoms with Crippen molar-refractivity contribution in [3.05, 3.63) is 0 Å². The van der Waals surface area contributed by atoms with Crippen LogP contribution in [0.3, 0.4) is 0 Å². The molecule has 1 aliphatic heterocycles. The van der Waals surface area contributed by atoms with Crippen LogP contribution < -0.4 is 0 Å². The van der Waals surface area contributed by atoms with Gasteiger partial charge in [-0.1, -0.05) is 6.92 Å². The summed E-state index contributed by atoms with van der Waals surface area (Å²) in [5, 5.41) is 8.72. The quantitative estimate of drug-likeness (QED) is 0.811. The number of rotatable bonds is 6. The van der Waals surface area contributed by atoms with E-state index in [9.17, 15) is 9.59 Å². The molecule has 2 amide bonds. The Morgan fingerprint density at radius 3 is 2.48 bits per heavy atom. The highest BCUT2D eigenvalue weighted by molar-refractivity contribution is 5.75. The van der Waals surface area contributed by atoms with E-state index in [4.69, 9.17) is 5.11 Å². The van der Waals surface area contributed by atoms with Crippen LogP contribution in [0.1, 0.15) is 40.5 Å². The molecule has 1 saturated heterocycles. The van der Waals surface area contributed by atoms with Crippen LogP contribution >= 0.6 is 0 Å². The second-order valence-electron chi connectivity index (χ2n) is 5.99. The maximum absolute atomic E-state index is 12.6. The van der Waals surface area contributed by atoms with Crippen LogP contribution in [0.4, 0.5) is 4.79 Å². The lowest BCUT2D eigenvalue weighted by Gasteiger charge is -2.42. The SMILES string of the molecule is CCN1CCN(C(=O)N(CCCC(=O)O)C(C)C)CC1C. The van der Waals surface area contributed by atoms with Crippen molar-refractivity contribution in [1.82, 2.24) is 14.7 Å². The summed E-state index contributed by atoms with van der Waals surface area (Å²) < 4.78 is 0. The van der Waals surface area contributed by atoms with Crippen LogP contribution in [0.5, 0.6) is 0 Å². The maximum atomic E-state index is 12.6. The van der Waals surface area contributed by atoms with Crippen molar-refractivity contribution in [3.8, 4) is 0 Å². The summed E-state index contributed by atoms with van der Waals surface area (Å²) >= 11 is 0. The molecule has 1 fully saturated rings. The summed E-state index contributed by atoms with van der Waals surface area (Å²) in [6.45, 7) is 12.2. The number of carbonyl (C=O) groups excluding carboxylic acids is 1. The molecule has 0 bridgehead atoms. The van der Waals surface area contributed by atoms with Crippen molar-refractivity contribution < 1.29 is 14.7 Å². The third-order valence-electron chi connectivity index (χ3n) is 4.10. The van der Waals surface area contributed by atoms with Crippen molar-refractivity contribution in [2.45, 2.75) is 52.6 Å². The Kier molecular flexibility index (Phi) is 6.95. The molecule has 0 radical (unpaired) electrons. The van der Waals surface area contributed by atoms with Gasteiger partial charge in [0.1, 0.15) is 0 Å². The number of hydrogen-bond donors (Lipinski definition) is 1. The Hall–Kier alpha value is -1.30. The first-order valence-corrected chi connectivity index (χ1v) is 7.88. The van der Waals surface area contributed by atoms with Crippen molar-refractivity contribution in [2.24, 2.45) is 0 Å². The topological polar surface area (TPSA) is 64.1 Å². The number of carboxylic acids is 1. The van der Waals surface area contributed by atoms with Gasteiger partial charge in [-0.05, 0) is 33.7 Å². The number of piperazine rings is 1. The Balaban J connectivity index is 2.58. The van der Waals surface area contributed by atoms with Crippen LogP contribution in [0.25, 0.3) is 0 Å². The highest BCUT2D eigenvalue weighted by atomic mass is 16.4. The summed E-state index contributed by atoms with van der Waals surface area (Å²) in [5.74, 6) is -0.809. The second kappa shape index (κ2) is 8.22. The number of carboxylic acid groups (broad SMARTS) is 1. The van der Waals surface area contributed by atoms with Crippen molar-refractivity contribution in [2.75, 3.05) is 32.7 Å². The lowest BCUT2D eigenvalue weighted by molar-refractivity contribution is -0.137. The number of aliphatic carboxylic acids is 1. The second-order valence-corrected chi connectivity index (χ2v) is 5.99. The van der Waals surface area contributed by atoms with Gasteiger partial charge >= 0.3 is 12.0 Å². The van der Waals surface area contributed by atoms with Gasteiger partial charge in [0.15, 0.2) is 0 Å². The molecule has 0 aliphatic carbocycles. The van der Waals surface area contributed by atoms with E-state index >= 15 is 0 Å². The van der Waals surface area contributed by atoms with Crippen molar-refractivity contribution in [3.63, 3.8) is 0 Å². The van der Waals surface area contributed by atoms with E-state index in [1.54, 1.807) is 4.90 Å². The first kappa shape index (κ1) is 17.8. The predicted octanol–water partition coefficient (Wildman–Crippen LogP) is 1.71. The third-order valence-corrected chi connectivity index (χ3v) is 4.10. The Bertz CT molecular complexity index is 360. The largest absolute Gasteiger partial charge is 0.481 e. The predicted molar refractivity (Wildman–Crippen MR) is 82.4 cm³/mol. The van der Waals surface area contributed by atoms with Crippen LogP contribution in [-0.4, -0.2) is 76.6 Å². The fourth-order valence-corrected chi connectivity index (χ4v) is 2.80. The number of hydrogen-bond acceptors (Lipinski definition) is 3. The standard InChI is InChI=1S/C15H29N3O3/c1-5-16-9-10-17(11-13(16)4)15(21)18(12(2)3)8-6-7-14(19)20/h12-13H,5-11H2,1-4H3,(H,19,20). The molecule has 0 aromatic carbocycles. The van der Waals surface area contributed by atoms with Crippen LogP contribution in [0, 0.1) is 0 Å². The lowest BCUT2D eigenvalue weighted by Crippen LogP contribution is -2.57. The van der Waals surface area contributed by atoms with E-state index in [0.29, 0.717) is 19.0 Å². The van der Waals surface area contributed by atoms with E-state index in [0.717, 1.165) is 26.2 Å². The fraction of sp³-hybridized carbons (Fsp3) is 0.867. The summed E-state index contributed by atoms with van der Waals surface area (Å²) in [6, 6.07) is 0.504. The van der Waals surface area contributed by atoms with Gasteiger partial charge in [0.05, 0.1) is 0 Å². The number of carbonyl (C=O) groups is 2. The Morgan fingerprint density at radius 2 is 2.00 bits per heavy atom. The minimum atomic E-state index is -0.809. The average Bonchev–Trinajstić information content (AvgIpc) is 2.42. The van der Waals surface area contributed by atoms with E-state index in [2.05, 4.69) is 18.7 Å². The first-order valence-electron chi connectivity index (χ1n) is 7.88. The summed E-state index contributed by atoms with van der Waals surface area (Å²) in [4.78, 5) is 29.3. The molecule has 1 aliphatic rings. The van der Waals surface area contributed by atoms with Gasteiger partial charge in [-0.2, -0.15) is 0 Å². The first-order chi connectivity index (χ1) is 9.86. The summed E-state index contributed by atoms with van der Waals surface area (Å²) in [5.41, 5.74) is 0. The number of urea groups is 1. The Morgan fingerprint density at radius 1 is 1.33 bits per heavy atom. The molecule has 0 aromatic rings. The molecule has 1 rings (SSSR count). The normalized spacial score (nSPS) is 19.9. The minimum absolute atomic E-state index is 0.0398. The lowest BCUT2D eigenvalue weighted by atomic mass is 10.2. The molecular weight excluding hydrogens is 270 g/mol. The molecule has 6 heteroatoms. The van der Waals surface area contributed by atoms with E-state index in [1.807, 2.05) is 18.7 Å². The summed E-state index contributed by atoms with van der Waals surface area (Å²) in [7, 11) is 0. The van der Waals surface area contributed by atoms with Crippen LogP contribution in [0.15, 0.2) is 0 Å². The molecule has 1 atom stereocenters. The smallest absolute Gasteiger partial charge is 0.320 e. The fourth-order valence-electron chi connectivity index (χ4n) is 2.80. The van der Waals surface area contributed by atoms with Crippen LogP contribution in [-0.2, 0) is 4.79 Å². The van der Waals surface area contributed by atoms with Crippen molar-refractivity contribution >= 4 is 12.0 Å². The van der Waals surface area contributed by atoms with Gasteiger partial charge in [-0.3, -0.25) is 9.69 Å². The molecule has 0 saturated carbocycles. The molecule has 1 unspecified atom stereocenters. The summed E-state index contributed by atoms with van der Waals surface area (Å²) in [6.07, 6.45) is 0.611. The average molecular weight is 299 g/mol. The molecule has 1 N–H and O–H groups in total. The molecule has 1 heterocycles. The Labute approximate surface area is 127 Å². The third kappa shape index (κ3) is 5.19. The molecule has 122 valence electrons. The monoisotopic (exact) mass is 299 g/mol. The zero-order valence-electron chi connectivity index (χ0n) is 13.7. The zero-order chi connectivity index (χ0) is 16.0. The molecular formula is C15H29N3O3. The minimum Gasteiger partial charge on any atom is -0.481 e.